The highest BCUT2D eigenvalue weighted by Gasteiger charge is 2.23. The van der Waals surface area contributed by atoms with Gasteiger partial charge in [0.25, 0.3) is 0 Å². The van der Waals surface area contributed by atoms with E-state index in [1.165, 1.54) is 0 Å². The molecule has 0 amide bonds. The third-order valence-corrected chi connectivity index (χ3v) is 6.48. The molecule has 8 heteroatoms. The molecule has 5 aromatic rings. The molecule has 200 valence electrons. The summed E-state index contributed by atoms with van der Waals surface area (Å²) in [5.41, 5.74) is 4.15. The summed E-state index contributed by atoms with van der Waals surface area (Å²) in [5, 5.41) is 11.2. The van der Waals surface area contributed by atoms with Crippen LogP contribution in [0, 0.1) is 11.3 Å². The van der Waals surface area contributed by atoms with Crippen LogP contribution in [0.5, 0.6) is 11.5 Å². The number of carbonyl (C=O) groups excluding carboxylic acids is 1. The van der Waals surface area contributed by atoms with E-state index in [1.807, 2.05) is 83.6 Å². The van der Waals surface area contributed by atoms with Gasteiger partial charge in [0.1, 0.15) is 35.4 Å². The molecule has 0 radical (unpaired) electrons. The van der Waals surface area contributed by atoms with E-state index >= 15 is 0 Å². The number of aromatic nitrogens is 1. The first-order chi connectivity index (χ1) is 19.6. The highest BCUT2D eigenvalue weighted by atomic mass is 16.5. The highest BCUT2D eigenvalue weighted by molar-refractivity contribution is 6.01. The maximum Gasteiger partial charge on any atom is 0.325 e. The van der Waals surface area contributed by atoms with Crippen molar-refractivity contribution in [3.05, 3.63) is 90.1 Å². The van der Waals surface area contributed by atoms with Gasteiger partial charge >= 0.3 is 5.97 Å². The van der Waals surface area contributed by atoms with E-state index in [-0.39, 0.29) is 18.4 Å². The SMILES string of the molecule is CCOC(=O)Cn1cc(C=Nc2oc(-c3ccc(OC)cc3)c(-c3ccc(OC)cc3)c2C#N)c2ccccc21. The summed E-state index contributed by atoms with van der Waals surface area (Å²) in [6, 6.07) is 24.9. The van der Waals surface area contributed by atoms with Crippen LogP contribution < -0.4 is 9.47 Å². The first-order valence-electron chi connectivity index (χ1n) is 12.7. The first kappa shape index (κ1) is 26.3. The molecule has 8 nitrogen and oxygen atoms in total. The molecule has 2 heterocycles. The number of fused-ring (bicyclic) bond motifs is 1. The summed E-state index contributed by atoms with van der Waals surface area (Å²) in [5.74, 6) is 1.79. The molecule has 3 aromatic carbocycles. The minimum absolute atomic E-state index is 0.0790. The number of hydrogen-bond acceptors (Lipinski definition) is 7. The van der Waals surface area contributed by atoms with Crippen molar-refractivity contribution >= 4 is 29.0 Å². The Hall–Kier alpha value is -5.29. The number of methoxy groups -OCH3 is 2. The molecule has 0 N–H and O–H groups in total. The maximum absolute atomic E-state index is 12.2. The second-order valence-corrected chi connectivity index (χ2v) is 8.85. The number of nitrogens with zero attached hydrogens (tertiary/aromatic N) is 3. The summed E-state index contributed by atoms with van der Waals surface area (Å²) in [6.45, 7) is 2.17. The Morgan fingerprint density at radius 1 is 0.975 bits per heavy atom. The second-order valence-electron chi connectivity index (χ2n) is 8.85. The van der Waals surface area contributed by atoms with Crippen LogP contribution in [0.2, 0.25) is 0 Å². The zero-order chi connectivity index (χ0) is 28.1. The standard InChI is InChI=1S/C32H27N3O5/c1-4-39-29(36)20-35-19-23(26-7-5-6-8-28(26)35)18-34-32-27(17-33)30(21-9-13-24(37-2)14-10-21)31(40-32)22-11-15-25(38-3)16-12-22/h5-16,18-19H,4,20H2,1-3H3. The van der Waals surface area contributed by atoms with Gasteiger partial charge in [-0.05, 0) is 55.0 Å². The topological polar surface area (TPSA) is 99.0 Å². The molecule has 0 aliphatic carbocycles. The lowest BCUT2D eigenvalue weighted by molar-refractivity contribution is -0.143. The molecule has 5 rings (SSSR count). The lowest BCUT2D eigenvalue weighted by Crippen LogP contribution is -2.12. The summed E-state index contributed by atoms with van der Waals surface area (Å²) >= 11 is 0. The average molecular weight is 534 g/mol. The van der Waals surface area contributed by atoms with Crippen LogP contribution in [0.1, 0.15) is 18.1 Å². The molecule has 0 atom stereocenters. The number of para-hydroxylation sites is 1. The molecule has 0 unspecified atom stereocenters. The van der Waals surface area contributed by atoms with Gasteiger partial charge in [-0.3, -0.25) is 4.79 Å². The van der Waals surface area contributed by atoms with Gasteiger partial charge in [-0.25, -0.2) is 4.99 Å². The number of nitriles is 1. The number of carbonyl (C=O) groups is 1. The summed E-state index contributed by atoms with van der Waals surface area (Å²) in [7, 11) is 3.21. The molecular formula is C32H27N3O5. The van der Waals surface area contributed by atoms with Crippen molar-refractivity contribution in [1.29, 1.82) is 5.26 Å². The van der Waals surface area contributed by atoms with Crippen molar-refractivity contribution in [3.63, 3.8) is 0 Å². The number of hydrogen-bond donors (Lipinski definition) is 0. The Morgan fingerprint density at radius 2 is 1.62 bits per heavy atom. The highest BCUT2D eigenvalue weighted by Crippen LogP contribution is 2.43. The minimum Gasteiger partial charge on any atom is -0.497 e. The van der Waals surface area contributed by atoms with E-state index in [4.69, 9.17) is 18.6 Å². The van der Waals surface area contributed by atoms with Gasteiger partial charge in [0.2, 0.25) is 5.88 Å². The summed E-state index contributed by atoms with van der Waals surface area (Å²) in [4.78, 5) is 16.8. The van der Waals surface area contributed by atoms with Gasteiger partial charge in [-0.2, -0.15) is 5.26 Å². The first-order valence-corrected chi connectivity index (χ1v) is 12.7. The monoisotopic (exact) mass is 533 g/mol. The molecule has 0 aliphatic rings. The average Bonchev–Trinajstić information content (AvgIpc) is 3.54. The third-order valence-electron chi connectivity index (χ3n) is 6.48. The molecule has 0 fully saturated rings. The van der Waals surface area contributed by atoms with Crippen LogP contribution in [0.25, 0.3) is 33.4 Å². The molecule has 0 bridgehead atoms. The number of ether oxygens (including phenoxy) is 3. The lowest BCUT2D eigenvalue weighted by Gasteiger charge is -2.06. The zero-order valence-electron chi connectivity index (χ0n) is 22.4. The normalized spacial score (nSPS) is 11.1. The zero-order valence-corrected chi connectivity index (χ0v) is 22.4. The van der Waals surface area contributed by atoms with E-state index in [9.17, 15) is 10.1 Å². The van der Waals surface area contributed by atoms with Gasteiger partial charge in [0, 0.05) is 40.0 Å². The smallest absolute Gasteiger partial charge is 0.325 e. The van der Waals surface area contributed by atoms with Gasteiger partial charge in [0.15, 0.2) is 0 Å². The lowest BCUT2D eigenvalue weighted by atomic mass is 9.98. The van der Waals surface area contributed by atoms with E-state index in [1.54, 1.807) is 27.4 Å². The number of aliphatic imine (C=N–C) groups is 1. The fourth-order valence-electron chi connectivity index (χ4n) is 4.58. The molecule has 0 saturated carbocycles. The second kappa shape index (κ2) is 11.6. The molecule has 2 aromatic heterocycles. The molecule has 0 spiro atoms. The Labute approximate surface area is 231 Å². The number of esters is 1. The van der Waals surface area contributed by atoms with Crippen LogP contribution >= 0.6 is 0 Å². The van der Waals surface area contributed by atoms with Gasteiger partial charge in [-0.1, -0.05) is 30.3 Å². The largest absolute Gasteiger partial charge is 0.497 e. The van der Waals surface area contributed by atoms with Crippen molar-refractivity contribution in [2.24, 2.45) is 4.99 Å². The third kappa shape index (κ3) is 5.18. The van der Waals surface area contributed by atoms with Crippen molar-refractivity contribution in [2.45, 2.75) is 13.5 Å². The maximum atomic E-state index is 12.2. The number of furan rings is 1. The van der Waals surface area contributed by atoms with Gasteiger partial charge < -0.3 is 23.2 Å². The van der Waals surface area contributed by atoms with Crippen LogP contribution in [0.15, 0.2) is 88.4 Å². The predicted molar refractivity (Wildman–Crippen MR) is 153 cm³/mol. The molecular weight excluding hydrogens is 506 g/mol. The Kier molecular flexibility index (Phi) is 7.65. The van der Waals surface area contributed by atoms with Crippen LogP contribution in [-0.4, -0.2) is 37.6 Å². The predicted octanol–water partition coefficient (Wildman–Crippen LogP) is 6.77. The molecule has 0 aliphatic heterocycles. The van der Waals surface area contributed by atoms with Crippen LogP contribution in [0.3, 0.4) is 0 Å². The van der Waals surface area contributed by atoms with Crippen LogP contribution in [0.4, 0.5) is 5.88 Å². The van der Waals surface area contributed by atoms with Crippen molar-refractivity contribution in [2.75, 3.05) is 20.8 Å². The number of benzene rings is 3. The Balaban J connectivity index is 1.61. The van der Waals surface area contributed by atoms with Crippen molar-refractivity contribution in [1.82, 2.24) is 4.57 Å². The fraction of sp³-hybridized carbons (Fsp3) is 0.156. The minimum atomic E-state index is -0.321. The quantitative estimate of drug-likeness (QED) is 0.153. The van der Waals surface area contributed by atoms with Crippen molar-refractivity contribution in [3.8, 4) is 40.0 Å². The van der Waals surface area contributed by atoms with Crippen LogP contribution in [-0.2, 0) is 16.1 Å². The fourth-order valence-corrected chi connectivity index (χ4v) is 4.58. The Morgan fingerprint density at radius 3 is 2.25 bits per heavy atom. The van der Waals surface area contributed by atoms with Crippen molar-refractivity contribution < 1.29 is 23.4 Å². The van der Waals surface area contributed by atoms with Gasteiger partial charge in [0.05, 0.1) is 20.8 Å². The van der Waals surface area contributed by atoms with Gasteiger partial charge in [-0.15, -0.1) is 0 Å². The van der Waals surface area contributed by atoms with E-state index in [0.717, 1.165) is 27.6 Å². The molecule has 0 saturated heterocycles. The Bertz CT molecular complexity index is 1720. The molecule has 40 heavy (non-hydrogen) atoms. The number of rotatable bonds is 9. The summed E-state index contributed by atoms with van der Waals surface area (Å²) in [6.07, 6.45) is 3.49. The summed E-state index contributed by atoms with van der Waals surface area (Å²) < 4.78 is 23.8. The van der Waals surface area contributed by atoms with E-state index in [2.05, 4.69) is 11.1 Å². The van der Waals surface area contributed by atoms with E-state index < -0.39 is 0 Å². The van der Waals surface area contributed by atoms with E-state index in [0.29, 0.717) is 35.0 Å².